The minimum atomic E-state index is -4.51. The second-order valence-electron chi connectivity index (χ2n) is 7.74. The highest BCUT2D eigenvalue weighted by atomic mass is 127. The van der Waals surface area contributed by atoms with Crippen LogP contribution >= 0.6 is 22.9 Å². The number of anilines is 2. The molecule has 0 spiro atoms. The summed E-state index contributed by atoms with van der Waals surface area (Å²) in [5.74, 6) is -0.454. The van der Waals surface area contributed by atoms with E-state index in [-0.39, 0.29) is 18.3 Å². The molecular formula is C21H18F3IN4O3. The van der Waals surface area contributed by atoms with Gasteiger partial charge in [0.2, 0.25) is 5.91 Å². The van der Waals surface area contributed by atoms with Crippen molar-refractivity contribution < 1.29 is 27.5 Å². The number of hydrogen-bond acceptors (Lipinski definition) is 4. The van der Waals surface area contributed by atoms with E-state index in [4.69, 9.17) is 4.74 Å². The van der Waals surface area contributed by atoms with Crippen molar-refractivity contribution in [2.75, 3.05) is 8.43 Å². The molecule has 0 saturated carbocycles. The van der Waals surface area contributed by atoms with E-state index in [1.807, 2.05) is 22.9 Å². The van der Waals surface area contributed by atoms with Crippen LogP contribution in [-0.4, -0.2) is 17.7 Å². The summed E-state index contributed by atoms with van der Waals surface area (Å²) in [7, 11) is 0. The molecule has 0 aliphatic carbocycles. The highest BCUT2D eigenvalue weighted by Crippen LogP contribution is 2.39. The minimum Gasteiger partial charge on any atom is -0.468 e. The molecule has 11 heteroatoms. The van der Waals surface area contributed by atoms with Gasteiger partial charge in [-0.05, 0) is 44.2 Å². The molecule has 2 aromatic carbocycles. The van der Waals surface area contributed by atoms with Crippen LogP contribution in [0.5, 0.6) is 5.75 Å². The third kappa shape index (κ3) is 4.33. The number of carbonyl (C=O) groups excluding carboxylic acids is 2. The van der Waals surface area contributed by atoms with Gasteiger partial charge in [0, 0.05) is 29.4 Å². The van der Waals surface area contributed by atoms with Crippen LogP contribution in [0.3, 0.4) is 0 Å². The summed E-state index contributed by atoms with van der Waals surface area (Å²) in [6.07, 6.45) is -3.23. The first-order chi connectivity index (χ1) is 14.9. The number of benzene rings is 2. The number of fused-ring (bicyclic) bond motifs is 2. The highest BCUT2D eigenvalue weighted by molar-refractivity contribution is 14.1. The molecule has 168 valence electrons. The van der Waals surface area contributed by atoms with Gasteiger partial charge < -0.3 is 20.7 Å². The Morgan fingerprint density at radius 1 is 1.28 bits per heavy atom. The normalized spacial score (nSPS) is 18.1. The van der Waals surface area contributed by atoms with Gasteiger partial charge in [0.1, 0.15) is 5.75 Å². The number of halogens is 4. The SMILES string of the molecule is CC1(C)N/C(=C\C(=O)Nc2cccc3c2CNC(=O)N3I)c2ccc(C(F)(F)F)cc2O1. The standard InChI is InChI=1S/C21H18F3IN4O3/c1-20(2)28-15(12-7-6-11(21(22,23)24)8-17(12)32-20)9-18(30)27-14-4-3-5-16-13(14)10-26-19(31)29(16)25/h3-9,28H,10H2,1-2H3,(H,26,31)(H,27,30)/b15-9-. The Bertz CT molecular complexity index is 1150. The first-order valence-electron chi connectivity index (χ1n) is 9.52. The summed E-state index contributed by atoms with van der Waals surface area (Å²) in [5, 5.41) is 8.53. The van der Waals surface area contributed by atoms with Crippen LogP contribution in [0.2, 0.25) is 0 Å². The Morgan fingerprint density at radius 2 is 2.03 bits per heavy atom. The summed E-state index contributed by atoms with van der Waals surface area (Å²) in [5.41, 5.74) is 0.730. The van der Waals surface area contributed by atoms with Gasteiger partial charge in [0.25, 0.3) is 0 Å². The molecule has 3 amide bonds. The predicted molar refractivity (Wildman–Crippen MR) is 121 cm³/mol. The van der Waals surface area contributed by atoms with Crippen LogP contribution in [-0.2, 0) is 17.5 Å². The van der Waals surface area contributed by atoms with Crippen LogP contribution in [0.1, 0.15) is 30.5 Å². The van der Waals surface area contributed by atoms with Crippen molar-refractivity contribution in [3.8, 4) is 5.75 Å². The molecule has 0 aromatic heterocycles. The van der Waals surface area contributed by atoms with E-state index in [9.17, 15) is 22.8 Å². The number of nitrogens with one attached hydrogen (secondary N) is 3. The molecule has 2 aliphatic heterocycles. The number of ether oxygens (including phenoxy) is 1. The van der Waals surface area contributed by atoms with E-state index < -0.39 is 23.4 Å². The average molecular weight is 558 g/mol. The van der Waals surface area contributed by atoms with Crippen LogP contribution in [0.4, 0.5) is 29.3 Å². The van der Waals surface area contributed by atoms with Crippen molar-refractivity contribution in [2.24, 2.45) is 0 Å². The maximum absolute atomic E-state index is 13.1. The van der Waals surface area contributed by atoms with Gasteiger partial charge in [0.05, 0.1) is 39.8 Å². The molecule has 2 aliphatic rings. The fraction of sp³-hybridized carbons (Fsp3) is 0.238. The van der Waals surface area contributed by atoms with Crippen molar-refractivity contribution in [3.63, 3.8) is 0 Å². The van der Waals surface area contributed by atoms with Gasteiger partial charge in [-0.25, -0.2) is 7.91 Å². The lowest BCUT2D eigenvalue weighted by atomic mass is 10.0. The molecule has 7 nitrogen and oxygen atoms in total. The lowest BCUT2D eigenvalue weighted by molar-refractivity contribution is -0.137. The Labute approximate surface area is 195 Å². The number of rotatable bonds is 2. The van der Waals surface area contributed by atoms with Crippen molar-refractivity contribution in [1.82, 2.24) is 10.6 Å². The summed E-state index contributed by atoms with van der Waals surface area (Å²) >= 11 is 1.87. The predicted octanol–water partition coefficient (Wildman–Crippen LogP) is 4.78. The first-order valence-corrected chi connectivity index (χ1v) is 10.5. The summed E-state index contributed by atoms with van der Waals surface area (Å²) in [6.45, 7) is 3.54. The molecule has 4 rings (SSSR count). The van der Waals surface area contributed by atoms with Gasteiger partial charge in [-0.3, -0.25) is 4.79 Å². The summed E-state index contributed by atoms with van der Waals surface area (Å²) < 4.78 is 46.4. The first kappa shape index (κ1) is 22.2. The third-order valence-electron chi connectivity index (χ3n) is 4.89. The van der Waals surface area contributed by atoms with E-state index >= 15 is 0 Å². The van der Waals surface area contributed by atoms with Crippen LogP contribution in [0, 0.1) is 0 Å². The van der Waals surface area contributed by atoms with Crippen molar-refractivity contribution in [1.29, 1.82) is 0 Å². The van der Waals surface area contributed by atoms with Crippen LogP contribution < -0.4 is 23.8 Å². The van der Waals surface area contributed by atoms with Gasteiger partial charge in [-0.2, -0.15) is 13.2 Å². The Balaban J connectivity index is 1.65. The summed E-state index contributed by atoms with van der Waals surface area (Å²) in [4.78, 5) is 24.6. The van der Waals surface area contributed by atoms with E-state index in [2.05, 4.69) is 16.0 Å². The zero-order chi connectivity index (χ0) is 23.3. The Kier molecular flexibility index (Phi) is 5.47. The molecule has 0 bridgehead atoms. The highest BCUT2D eigenvalue weighted by Gasteiger charge is 2.35. The molecule has 3 N–H and O–H groups in total. The van der Waals surface area contributed by atoms with Crippen molar-refractivity contribution in [3.05, 3.63) is 59.2 Å². The molecular weight excluding hydrogens is 540 g/mol. The second kappa shape index (κ2) is 7.87. The lowest BCUT2D eigenvalue weighted by Crippen LogP contribution is -2.47. The molecule has 0 saturated heterocycles. The number of nitrogens with zero attached hydrogens (tertiary/aromatic N) is 1. The van der Waals surface area contributed by atoms with E-state index in [1.54, 1.807) is 32.0 Å². The quantitative estimate of drug-likeness (QED) is 0.282. The topological polar surface area (TPSA) is 82.7 Å². The smallest absolute Gasteiger partial charge is 0.416 e. The molecule has 0 unspecified atom stereocenters. The molecule has 0 atom stereocenters. The third-order valence-corrected chi connectivity index (χ3v) is 5.85. The maximum atomic E-state index is 13.1. The number of amides is 3. The molecule has 0 radical (unpaired) electrons. The number of alkyl halides is 3. The monoisotopic (exact) mass is 558 g/mol. The minimum absolute atomic E-state index is 0.0305. The number of carbonyl (C=O) groups is 2. The van der Waals surface area contributed by atoms with Gasteiger partial charge in [-0.15, -0.1) is 0 Å². The van der Waals surface area contributed by atoms with Crippen molar-refractivity contribution in [2.45, 2.75) is 32.3 Å². The van der Waals surface area contributed by atoms with Gasteiger partial charge in [-0.1, -0.05) is 6.07 Å². The second-order valence-corrected chi connectivity index (χ2v) is 8.70. The fourth-order valence-electron chi connectivity index (χ4n) is 3.52. The summed E-state index contributed by atoms with van der Waals surface area (Å²) in [6, 6.07) is 8.08. The largest absolute Gasteiger partial charge is 0.468 e. The van der Waals surface area contributed by atoms with Gasteiger partial charge in [0.15, 0.2) is 5.72 Å². The van der Waals surface area contributed by atoms with Crippen LogP contribution in [0.25, 0.3) is 5.70 Å². The number of urea groups is 1. The van der Waals surface area contributed by atoms with Gasteiger partial charge >= 0.3 is 12.2 Å². The Morgan fingerprint density at radius 3 is 2.75 bits per heavy atom. The van der Waals surface area contributed by atoms with E-state index in [0.29, 0.717) is 22.6 Å². The zero-order valence-electron chi connectivity index (χ0n) is 16.9. The zero-order valence-corrected chi connectivity index (χ0v) is 19.1. The lowest BCUT2D eigenvalue weighted by Gasteiger charge is -2.36. The Hall–Kier alpha value is -2.96. The average Bonchev–Trinajstić information content (AvgIpc) is 2.69. The van der Waals surface area contributed by atoms with E-state index in [1.165, 1.54) is 15.3 Å². The van der Waals surface area contributed by atoms with Crippen molar-refractivity contribution >= 4 is 51.9 Å². The van der Waals surface area contributed by atoms with E-state index in [0.717, 1.165) is 17.7 Å². The number of hydrogen-bond donors (Lipinski definition) is 3. The molecule has 32 heavy (non-hydrogen) atoms. The molecule has 0 fully saturated rings. The van der Waals surface area contributed by atoms with Crippen LogP contribution in [0.15, 0.2) is 42.5 Å². The maximum Gasteiger partial charge on any atom is 0.416 e. The molecule has 2 heterocycles. The molecule has 2 aromatic rings. The fourth-order valence-corrected chi connectivity index (χ4v) is 4.14.